The molecule has 1 aliphatic rings. The Hall–Kier alpha value is -3.16. The monoisotopic (exact) mass is 339 g/mol. The van der Waals surface area contributed by atoms with E-state index in [2.05, 4.69) is 20.8 Å². The van der Waals surface area contributed by atoms with E-state index in [9.17, 15) is 4.79 Å². The second kappa shape index (κ2) is 6.04. The van der Waals surface area contributed by atoms with Crippen LogP contribution in [-0.2, 0) is 0 Å². The Labute approximate surface area is 143 Å². The summed E-state index contributed by atoms with van der Waals surface area (Å²) in [4.78, 5) is 12.4. The number of nitrogens with one attached hydrogen (secondary N) is 1. The zero-order valence-corrected chi connectivity index (χ0v) is 13.9. The van der Waals surface area contributed by atoms with Crippen molar-refractivity contribution in [1.82, 2.24) is 20.2 Å². The predicted molar refractivity (Wildman–Crippen MR) is 89.1 cm³/mol. The summed E-state index contributed by atoms with van der Waals surface area (Å²) in [6, 6.07) is 7.08. The van der Waals surface area contributed by atoms with Gasteiger partial charge in [-0.1, -0.05) is 0 Å². The lowest BCUT2D eigenvalue weighted by Crippen LogP contribution is -2.13. The van der Waals surface area contributed by atoms with Gasteiger partial charge in [-0.25, -0.2) is 0 Å². The van der Waals surface area contributed by atoms with Gasteiger partial charge in [0.05, 0.1) is 13.4 Å². The van der Waals surface area contributed by atoms with Gasteiger partial charge in [0.2, 0.25) is 0 Å². The van der Waals surface area contributed by atoms with Gasteiger partial charge in [0.1, 0.15) is 11.4 Å². The minimum atomic E-state index is -0.308. The van der Waals surface area contributed by atoms with Crippen LogP contribution in [0.4, 0.5) is 5.69 Å². The van der Waals surface area contributed by atoms with Crippen molar-refractivity contribution >= 4 is 11.6 Å². The molecular formula is C17H17N5O3. The van der Waals surface area contributed by atoms with E-state index in [4.69, 9.17) is 9.15 Å². The first-order valence-corrected chi connectivity index (χ1v) is 7.99. The van der Waals surface area contributed by atoms with E-state index in [0.29, 0.717) is 28.8 Å². The summed E-state index contributed by atoms with van der Waals surface area (Å²) in [5.41, 5.74) is 2.07. The predicted octanol–water partition coefficient (Wildman–Crippen LogP) is 2.70. The third-order valence-corrected chi connectivity index (χ3v) is 4.17. The van der Waals surface area contributed by atoms with Gasteiger partial charge in [0, 0.05) is 17.2 Å². The number of tetrazole rings is 1. The third-order valence-electron chi connectivity index (χ3n) is 4.17. The molecule has 0 unspecified atom stereocenters. The standard InChI is InChI=1S/C17H17N5O3/c1-10-7-8-25-15(10)17(23)18-12-5-6-14(24-2)13(9-12)22-16(11-3-4-11)19-20-21-22/h5-9,11H,3-4H2,1-2H3,(H,18,23). The summed E-state index contributed by atoms with van der Waals surface area (Å²) in [5, 5.41) is 14.8. The van der Waals surface area contributed by atoms with Gasteiger partial charge < -0.3 is 14.5 Å². The van der Waals surface area contributed by atoms with E-state index in [1.807, 2.05) is 6.92 Å². The fourth-order valence-electron chi connectivity index (χ4n) is 2.69. The topological polar surface area (TPSA) is 95.1 Å². The molecule has 2 aromatic heterocycles. The van der Waals surface area contributed by atoms with Crippen molar-refractivity contribution in [3.63, 3.8) is 0 Å². The number of amides is 1. The number of anilines is 1. The van der Waals surface area contributed by atoms with E-state index < -0.39 is 0 Å². The highest BCUT2D eigenvalue weighted by Crippen LogP contribution is 2.40. The van der Waals surface area contributed by atoms with Gasteiger partial charge in [-0.05, 0) is 54.5 Å². The highest BCUT2D eigenvalue weighted by molar-refractivity contribution is 6.03. The molecule has 1 amide bonds. The lowest BCUT2D eigenvalue weighted by molar-refractivity contribution is 0.0996. The first-order valence-electron chi connectivity index (χ1n) is 7.99. The summed E-state index contributed by atoms with van der Waals surface area (Å²) in [5.74, 6) is 1.80. The maximum Gasteiger partial charge on any atom is 0.291 e. The lowest BCUT2D eigenvalue weighted by atomic mass is 10.2. The number of carbonyl (C=O) groups excluding carboxylic acids is 1. The Morgan fingerprint density at radius 1 is 1.36 bits per heavy atom. The summed E-state index contributed by atoms with van der Waals surface area (Å²) >= 11 is 0. The molecule has 1 saturated carbocycles. The summed E-state index contributed by atoms with van der Waals surface area (Å²) in [6.45, 7) is 1.82. The molecule has 1 aromatic carbocycles. The number of aromatic nitrogens is 4. The van der Waals surface area contributed by atoms with Crippen LogP contribution >= 0.6 is 0 Å². The molecule has 0 spiro atoms. The maximum atomic E-state index is 12.4. The number of methoxy groups -OCH3 is 1. The smallest absolute Gasteiger partial charge is 0.291 e. The van der Waals surface area contributed by atoms with Crippen molar-refractivity contribution in [1.29, 1.82) is 0 Å². The van der Waals surface area contributed by atoms with Crippen LogP contribution in [0.2, 0.25) is 0 Å². The first kappa shape index (κ1) is 15.4. The van der Waals surface area contributed by atoms with Gasteiger partial charge >= 0.3 is 0 Å². The minimum absolute atomic E-state index is 0.290. The molecule has 0 bridgehead atoms. The van der Waals surface area contributed by atoms with Crippen LogP contribution < -0.4 is 10.1 Å². The van der Waals surface area contributed by atoms with Crippen LogP contribution in [0.25, 0.3) is 5.69 Å². The number of furan rings is 1. The zero-order valence-electron chi connectivity index (χ0n) is 13.9. The molecule has 0 saturated heterocycles. The molecular weight excluding hydrogens is 322 g/mol. The van der Waals surface area contributed by atoms with Crippen molar-refractivity contribution in [2.75, 3.05) is 12.4 Å². The SMILES string of the molecule is COc1ccc(NC(=O)c2occc2C)cc1-n1nnnc1C1CC1. The largest absolute Gasteiger partial charge is 0.494 e. The lowest BCUT2D eigenvalue weighted by Gasteiger charge is -2.12. The molecule has 0 aliphatic heterocycles. The van der Waals surface area contributed by atoms with Gasteiger partial charge in [-0.2, -0.15) is 4.68 Å². The molecule has 0 atom stereocenters. The minimum Gasteiger partial charge on any atom is -0.494 e. The van der Waals surface area contributed by atoms with Crippen molar-refractivity contribution in [2.45, 2.75) is 25.7 Å². The van der Waals surface area contributed by atoms with E-state index in [1.54, 1.807) is 36.1 Å². The zero-order chi connectivity index (χ0) is 17.4. The molecule has 25 heavy (non-hydrogen) atoms. The van der Waals surface area contributed by atoms with Crippen LogP contribution in [0.5, 0.6) is 5.75 Å². The number of nitrogens with zero attached hydrogens (tertiary/aromatic N) is 4. The molecule has 1 aliphatic carbocycles. The average Bonchev–Trinajstić information content (AvgIpc) is 3.17. The number of ether oxygens (including phenoxy) is 1. The Morgan fingerprint density at radius 3 is 2.88 bits per heavy atom. The second-order valence-corrected chi connectivity index (χ2v) is 6.00. The molecule has 0 radical (unpaired) electrons. The van der Waals surface area contributed by atoms with Gasteiger partial charge in [0.15, 0.2) is 11.6 Å². The van der Waals surface area contributed by atoms with Crippen molar-refractivity contribution in [3.8, 4) is 11.4 Å². The number of carbonyl (C=O) groups is 1. The molecule has 4 rings (SSSR count). The summed E-state index contributed by atoms with van der Waals surface area (Å²) < 4.78 is 12.3. The van der Waals surface area contributed by atoms with Crippen molar-refractivity contribution in [2.24, 2.45) is 0 Å². The fourth-order valence-corrected chi connectivity index (χ4v) is 2.69. The van der Waals surface area contributed by atoms with Crippen LogP contribution in [0, 0.1) is 6.92 Å². The van der Waals surface area contributed by atoms with Crippen LogP contribution in [0.3, 0.4) is 0 Å². The molecule has 8 heteroatoms. The highest BCUT2D eigenvalue weighted by atomic mass is 16.5. The van der Waals surface area contributed by atoms with E-state index in [-0.39, 0.29) is 5.91 Å². The Balaban J connectivity index is 1.68. The molecule has 2 heterocycles. The summed E-state index contributed by atoms with van der Waals surface area (Å²) in [6.07, 6.45) is 3.65. The normalized spacial score (nSPS) is 13.7. The van der Waals surface area contributed by atoms with E-state index in [0.717, 1.165) is 24.2 Å². The Kier molecular flexibility index (Phi) is 3.72. The van der Waals surface area contributed by atoms with Crippen LogP contribution in [-0.4, -0.2) is 33.2 Å². The number of rotatable bonds is 5. The number of benzene rings is 1. The van der Waals surface area contributed by atoms with Crippen LogP contribution in [0.1, 0.15) is 40.7 Å². The third kappa shape index (κ3) is 2.86. The number of aryl methyl sites for hydroxylation is 1. The van der Waals surface area contributed by atoms with Gasteiger partial charge in [0.25, 0.3) is 5.91 Å². The first-order chi connectivity index (χ1) is 12.2. The quantitative estimate of drug-likeness (QED) is 0.768. The van der Waals surface area contributed by atoms with Gasteiger partial charge in [-0.3, -0.25) is 4.79 Å². The van der Waals surface area contributed by atoms with Gasteiger partial charge in [-0.15, -0.1) is 5.10 Å². The molecule has 3 aromatic rings. The van der Waals surface area contributed by atoms with E-state index >= 15 is 0 Å². The van der Waals surface area contributed by atoms with E-state index in [1.165, 1.54) is 6.26 Å². The number of hydrogen-bond acceptors (Lipinski definition) is 6. The Morgan fingerprint density at radius 2 is 2.20 bits per heavy atom. The molecule has 1 N–H and O–H groups in total. The molecule has 128 valence electrons. The summed E-state index contributed by atoms with van der Waals surface area (Å²) in [7, 11) is 1.59. The second-order valence-electron chi connectivity index (χ2n) is 6.00. The van der Waals surface area contributed by atoms with Crippen molar-refractivity contribution < 1.29 is 13.9 Å². The number of hydrogen-bond donors (Lipinski definition) is 1. The maximum absolute atomic E-state index is 12.4. The highest BCUT2D eigenvalue weighted by Gasteiger charge is 2.30. The van der Waals surface area contributed by atoms with Crippen LogP contribution in [0.15, 0.2) is 34.9 Å². The van der Waals surface area contributed by atoms with Crippen molar-refractivity contribution in [3.05, 3.63) is 47.7 Å². The average molecular weight is 339 g/mol. The fraction of sp³-hybridized carbons (Fsp3) is 0.294. The molecule has 8 nitrogen and oxygen atoms in total. The Bertz CT molecular complexity index is 926. The molecule has 1 fully saturated rings.